The number of carbonyl (C=O) groups is 1. The highest BCUT2D eigenvalue weighted by Gasteiger charge is 2.05. The van der Waals surface area contributed by atoms with Crippen LogP contribution in [0, 0.1) is 13.8 Å². The maximum atomic E-state index is 12.2. The first-order valence-electron chi connectivity index (χ1n) is 8.43. The molecule has 0 saturated heterocycles. The number of carbonyl (C=O) groups excluding carboxylic acids is 1. The molecule has 0 aliphatic heterocycles. The van der Waals surface area contributed by atoms with Crippen LogP contribution < -0.4 is 5.32 Å². The molecule has 0 fully saturated rings. The van der Waals surface area contributed by atoms with E-state index in [1.54, 1.807) is 0 Å². The van der Waals surface area contributed by atoms with Crippen LogP contribution in [0.15, 0.2) is 60.7 Å². The number of benzene rings is 3. The highest BCUT2D eigenvalue weighted by atomic mass is 16.1. The molecule has 0 heterocycles. The first kappa shape index (κ1) is 16.3. The monoisotopic (exact) mass is 317 g/mol. The van der Waals surface area contributed by atoms with E-state index >= 15 is 0 Å². The van der Waals surface area contributed by atoms with Gasteiger partial charge in [0, 0.05) is 13.0 Å². The predicted molar refractivity (Wildman–Crippen MR) is 100 cm³/mol. The van der Waals surface area contributed by atoms with Crippen molar-refractivity contribution in [2.24, 2.45) is 0 Å². The third-order valence-electron chi connectivity index (χ3n) is 4.57. The highest BCUT2D eigenvalue weighted by Crippen LogP contribution is 2.18. The van der Waals surface area contributed by atoms with E-state index < -0.39 is 0 Å². The molecule has 0 aliphatic rings. The molecule has 3 aromatic carbocycles. The Hall–Kier alpha value is -2.61. The Balaban J connectivity index is 1.58. The number of hydrogen-bond donors (Lipinski definition) is 1. The molecule has 24 heavy (non-hydrogen) atoms. The number of amides is 1. The summed E-state index contributed by atoms with van der Waals surface area (Å²) in [6, 6.07) is 20.9. The SMILES string of the molecule is Cc1ccc(CCC(=O)NCc2cccc3ccccc23)cc1C. The lowest BCUT2D eigenvalue weighted by molar-refractivity contribution is -0.121. The first-order valence-corrected chi connectivity index (χ1v) is 8.43. The van der Waals surface area contributed by atoms with Crippen LogP contribution in [0.1, 0.15) is 28.7 Å². The van der Waals surface area contributed by atoms with Gasteiger partial charge in [-0.1, -0.05) is 60.7 Å². The van der Waals surface area contributed by atoms with Gasteiger partial charge in [-0.3, -0.25) is 4.79 Å². The van der Waals surface area contributed by atoms with Crippen LogP contribution in [0.3, 0.4) is 0 Å². The largest absolute Gasteiger partial charge is 0.352 e. The number of hydrogen-bond acceptors (Lipinski definition) is 1. The summed E-state index contributed by atoms with van der Waals surface area (Å²) in [4.78, 5) is 12.2. The van der Waals surface area contributed by atoms with Crippen LogP contribution in [0.25, 0.3) is 10.8 Å². The summed E-state index contributed by atoms with van der Waals surface area (Å²) in [6.45, 7) is 4.79. The van der Waals surface area contributed by atoms with Gasteiger partial charge in [0.15, 0.2) is 0 Å². The van der Waals surface area contributed by atoms with Crippen molar-refractivity contribution >= 4 is 16.7 Å². The predicted octanol–water partition coefficient (Wildman–Crippen LogP) is 4.71. The van der Waals surface area contributed by atoms with Gasteiger partial charge in [-0.05, 0) is 53.3 Å². The van der Waals surface area contributed by atoms with E-state index in [2.05, 4.69) is 61.6 Å². The van der Waals surface area contributed by atoms with Crippen molar-refractivity contribution in [3.63, 3.8) is 0 Å². The van der Waals surface area contributed by atoms with Crippen LogP contribution in [-0.2, 0) is 17.8 Å². The second-order valence-corrected chi connectivity index (χ2v) is 6.33. The summed E-state index contributed by atoms with van der Waals surface area (Å²) < 4.78 is 0. The minimum absolute atomic E-state index is 0.0983. The summed E-state index contributed by atoms with van der Waals surface area (Å²) in [7, 11) is 0. The summed E-state index contributed by atoms with van der Waals surface area (Å²) >= 11 is 0. The molecular weight excluding hydrogens is 294 g/mol. The molecule has 0 aliphatic carbocycles. The average Bonchev–Trinajstić information content (AvgIpc) is 2.61. The normalized spacial score (nSPS) is 10.8. The second kappa shape index (κ2) is 7.31. The van der Waals surface area contributed by atoms with E-state index in [-0.39, 0.29) is 5.91 Å². The van der Waals surface area contributed by atoms with E-state index in [9.17, 15) is 4.79 Å². The minimum Gasteiger partial charge on any atom is -0.352 e. The van der Waals surface area contributed by atoms with Gasteiger partial charge in [-0.25, -0.2) is 0 Å². The molecule has 0 spiro atoms. The number of aryl methyl sites for hydroxylation is 3. The third kappa shape index (κ3) is 3.83. The zero-order chi connectivity index (χ0) is 16.9. The molecule has 1 N–H and O–H groups in total. The molecule has 0 bridgehead atoms. The molecule has 2 heteroatoms. The van der Waals surface area contributed by atoms with Crippen LogP contribution in [-0.4, -0.2) is 5.91 Å². The standard InChI is InChI=1S/C22H23NO/c1-16-10-11-18(14-17(16)2)12-13-22(24)23-15-20-8-5-7-19-6-3-4-9-21(19)20/h3-11,14H,12-13,15H2,1-2H3,(H,23,24). The van der Waals surface area contributed by atoms with E-state index in [1.807, 2.05) is 18.2 Å². The minimum atomic E-state index is 0.0983. The summed E-state index contributed by atoms with van der Waals surface area (Å²) in [5.41, 5.74) is 4.95. The summed E-state index contributed by atoms with van der Waals surface area (Å²) in [5.74, 6) is 0.0983. The maximum absolute atomic E-state index is 12.2. The molecule has 0 aromatic heterocycles. The highest BCUT2D eigenvalue weighted by molar-refractivity contribution is 5.86. The quantitative estimate of drug-likeness (QED) is 0.726. The molecule has 1 amide bonds. The Morgan fingerprint density at radius 2 is 1.71 bits per heavy atom. The van der Waals surface area contributed by atoms with E-state index in [4.69, 9.17) is 0 Å². The number of fused-ring (bicyclic) bond motifs is 1. The Bertz CT molecular complexity index is 861. The van der Waals surface area contributed by atoms with Crippen LogP contribution in [0.2, 0.25) is 0 Å². The summed E-state index contributed by atoms with van der Waals surface area (Å²) in [5, 5.41) is 5.46. The fraction of sp³-hybridized carbons (Fsp3) is 0.227. The average molecular weight is 317 g/mol. The maximum Gasteiger partial charge on any atom is 0.220 e. The number of nitrogens with one attached hydrogen (secondary N) is 1. The van der Waals surface area contributed by atoms with Crippen LogP contribution in [0.5, 0.6) is 0 Å². The lowest BCUT2D eigenvalue weighted by atomic mass is 10.0. The van der Waals surface area contributed by atoms with Crippen molar-refractivity contribution in [2.45, 2.75) is 33.2 Å². The van der Waals surface area contributed by atoms with Gasteiger partial charge >= 0.3 is 0 Å². The van der Waals surface area contributed by atoms with E-state index in [1.165, 1.54) is 27.5 Å². The Morgan fingerprint density at radius 3 is 2.54 bits per heavy atom. The van der Waals surface area contributed by atoms with Crippen molar-refractivity contribution in [2.75, 3.05) is 0 Å². The first-order chi connectivity index (χ1) is 11.6. The lowest BCUT2D eigenvalue weighted by Crippen LogP contribution is -2.23. The molecular formula is C22H23NO. The van der Waals surface area contributed by atoms with Crippen molar-refractivity contribution in [3.8, 4) is 0 Å². The van der Waals surface area contributed by atoms with Gasteiger partial charge in [0.05, 0.1) is 0 Å². The smallest absolute Gasteiger partial charge is 0.220 e. The molecule has 2 nitrogen and oxygen atoms in total. The van der Waals surface area contributed by atoms with Gasteiger partial charge in [-0.15, -0.1) is 0 Å². The lowest BCUT2D eigenvalue weighted by Gasteiger charge is -2.09. The van der Waals surface area contributed by atoms with Gasteiger partial charge in [-0.2, -0.15) is 0 Å². The van der Waals surface area contributed by atoms with Crippen LogP contribution >= 0.6 is 0 Å². The van der Waals surface area contributed by atoms with Gasteiger partial charge < -0.3 is 5.32 Å². The zero-order valence-electron chi connectivity index (χ0n) is 14.3. The molecule has 0 unspecified atom stereocenters. The Morgan fingerprint density at radius 1 is 0.917 bits per heavy atom. The fourth-order valence-electron chi connectivity index (χ4n) is 2.95. The molecule has 122 valence electrons. The Labute approximate surface area is 143 Å². The molecule has 3 aromatic rings. The van der Waals surface area contributed by atoms with Crippen molar-refractivity contribution in [3.05, 3.63) is 82.9 Å². The van der Waals surface area contributed by atoms with Crippen LogP contribution in [0.4, 0.5) is 0 Å². The molecule has 0 radical (unpaired) electrons. The zero-order valence-corrected chi connectivity index (χ0v) is 14.3. The molecule has 0 saturated carbocycles. The van der Waals surface area contributed by atoms with Crippen molar-refractivity contribution in [1.29, 1.82) is 0 Å². The topological polar surface area (TPSA) is 29.1 Å². The van der Waals surface area contributed by atoms with Crippen molar-refractivity contribution in [1.82, 2.24) is 5.32 Å². The van der Waals surface area contributed by atoms with Gasteiger partial charge in [0.2, 0.25) is 5.91 Å². The fourth-order valence-corrected chi connectivity index (χ4v) is 2.95. The van der Waals surface area contributed by atoms with Gasteiger partial charge in [0.25, 0.3) is 0 Å². The number of rotatable bonds is 5. The van der Waals surface area contributed by atoms with Crippen molar-refractivity contribution < 1.29 is 4.79 Å². The van der Waals surface area contributed by atoms with Gasteiger partial charge in [0.1, 0.15) is 0 Å². The van der Waals surface area contributed by atoms with E-state index in [0.717, 1.165) is 12.0 Å². The Kier molecular flexibility index (Phi) is 4.95. The second-order valence-electron chi connectivity index (χ2n) is 6.33. The summed E-state index contributed by atoms with van der Waals surface area (Å²) in [6.07, 6.45) is 1.30. The van der Waals surface area contributed by atoms with E-state index in [0.29, 0.717) is 13.0 Å². The molecule has 0 atom stereocenters. The third-order valence-corrected chi connectivity index (χ3v) is 4.57. The molecule has 3 rings (SSSR count).